The lowest BCUT2D eigenvalue weighted by Gasteiger charge is -2.22. The Morgan fingerprint density at radius 3 is 2.90 bits per heavy atom. The van der Waals surface area contributed by atoms with E-state index in [0.717, 1.165) is 31.7 Å². The Bertz CT molecular complexity index is 428. The van der Waals surface area contributed by atoms with Crippen molar-refractivity contribution in [3.05, 3.63) is 29.8 Å². The highest BCUT2D eigenvalue weighted by atomic mass is 16.5. The summed E-state index contributed by atoms with van der Waals surface area (Å²) in [4.78, 5) is 11.9. The summed E-state index contributed by atoms with van der Waals surface area (Å²) >= 11 is 0. The molecular weight excluding hydrogens is 268 g/mol. The molecule has 1 aliphatic heterocycles. The van der Waals surface area contributed by atoms with Crippen molar-refractivity contribution in [2.75, 3.05) is 32.8 Å². The van der Waals surface area contributed by atoms with Crippen LogP contribution in [0.1, 0.15) is 18.9 Å². The van der Waals surface area contributed by atoms with E-state index in [0.29, 0.717) is 19.7 Å². The lowest BCUT2D eigenvalue weighted by Crippen LogP contribution is -2.48. The predicted molar refractivity (Wildman–Crippen MR) is 81.6 cm³/mol. The summed E-state index contributed by atoms with van der Waals surface area (Å²) < 4.78 is 10.9. The van der Waals surface area contributed by atoms with Gasteiger partial charge in [-0.15, -0.1) is 0 Å². The molecule has 21 heavy (non-hydrogen) atoms. The molecule has 1 amide bonds. The zero-order chi connectivity index (χ0) is 14.9. The maximum Gasteiger partial charge on any atom is 0.250 e. The molecule has 1 heterocycles. The van der Waals surface area contributed by atoms with E-state index in [1.165, 1.54) is 5.56 Å². The summed E-state index contributed by atoms with van der Waals surface area (Å²) in [7, 11) is 0. The lowest BCUT2D eigenvalue weighted by molar-refractivity contribution is -0.134. The normalized spacial score (nSPS) is 18.2. The minimum atomic E-state index is -0.358. The van der Waals surface area contributed by atoms with Gasteiger partial charge in [0.15, 0.2) is 0 Å². The van der Waals surface area contributed by atoms with Crippen LogP contribution in [-0.4, -0.2) is 44.9 Å². The molecule has 0 saturated carbocycles. The van der Waals surface area contributed by atoms with Crippen molar-refractivity contribution in [1.29, 1.82) is 0 Å². The molecule has 2 N–H and O–H groups in total. The highest BCUT2D eigenvalue weighted by Gasteiger charge is 2.20. The first-order valence-electron chi connectivity index (χ1n) is 7.61. The van der Waals surface area contributed by atoms with E-state index in [9.17, 15) is 4.79 Å². The summed E-state index contributed by atoms with van der Waals surface area (Å²) in [6.45, 7) is 5.45. The molecule has 1 aromatic rings. The van der Waals surface area contributed by atoms with Gasteiger partial charge >= 0.3 is 0 Å². The number of carbonyl (C=O) groups excluding carboxylic acids is 1. The van der Waals surface area contributed by atoms with Gasteiger partial charge in [0.05, 0.1) is 13.2 Å². The Kier molecular flexibility index (Phi) is 6.50. The number of ether oxygens (including phenoxy) is 2. The number of amides is 1. The van der Waals surface area contributed by atoms with Crippen molar-refractivity contribution in [3.63, 3.8) is 0 Å². The fourth-order valence-corrected chi connectivity index (χ4v) is 2.15. The van der Waals surface area contributed by atoms with Gasteiger partial charge in [-0.05, 0) is 30.5 Å². The second-order valence-electron chi connectivity index (χ2n) is 5.10. The average molecular weight is 292 g/mol. The fraction of sp³-hybridized carbons (Fsp3) is 0.562. The molecule has 1 fully saturated rings. The Morgan fingerprint density at radius 1 is 1.43 bits per heavy atom. The number of hydrogen-bond acceptors (Lipinski definition) is 4. The highest BCUT2D eigenvalue weighted by Crippen LogP contribution is 2.12. The first-order valence-corrected chi connectivity index (χ1v) is 7.61. The largest absolute Gasteiger partial charge is 0.494 e. The smallest absolute Gasteiger partial charge is 0.250 e. The summed E-state index contributed by atoms with van der Waals surface area (Å²) in [5.41, 5.74) is 1.18. The van der Waals surface area contributed by atoms with Gasteiger partial charge in [0.2, 0.25) is 5.91 Å². The molecule has 0 aliphatic carbocycles. The first-order chi connectivity index (χ1) is 10.3. The standard InChI is InChI=1S/C16H24N2O3/c1-2-10-20-14-5-3-13(4-6-14)7-8-18-16(19)15-12-17-9-11-21-15/h3-6,15,17H,2,7-12H2,1H3,(H,18,19). The van der Waals surface area contributed by atoms with Crippen molar-refractivity contribution in [1.82, 2.24) is 10.6 Å². The van der Waals surface area contributed by atoms with E-state index < -0.39 is 0 Å². The molecule has 2 rings (SSSR count). The third-order valence-corrected chi connectivity index (χ3v) is 3.33. The monoisotopic (exact) mass is 292 g/mol. The summed E-state index contributed by atoms with van der Waals surface area (Å²) in [6, 6.07) is 8.02. The SMILES string of the molecule is CCCOc1ccc(CCNC(=O)C2CNCCO2)cc1. The van der Waals surface area contributed by atoms with E-state index in [1.54, 1.807) is 0 Å². The molecule has 0 radical (unpaired) electrons. The topological polar surface area (TPSA) is 59.6 Å². The van der Waals surface area contributed by atoms with E-state index in [2.05, 4.69) is 17.6 Å². The van der Waals surface area contributed by atoms with Crippen molar-refractivity contribution >= 4 is 5.91 Å². The maximum absolute atomic E-state index is 11.9. The van der Waals surface area contributed by atoms with Crippen LogP contribution in [0.4, 0.5) is 0 Å². The number of carbonyl (C=O) groups is 1. The summed E-state index contributed by atoms with van der Waals surface area (Å²) in [5, 5.41) is 6.06. The summed E-state index contributed by atoms with van der Waals surface area (Å²) in [5.74, 6) is 0.858. The second kappa shape index (κ2) is 8.64. The van der Waals surface area contributed by atoms with Crippen molar-refractivity contribution in [2.45, 2.75) is 25.9 Å². The first kappa shape index (κ1) is 15.8. The van der Waals surface area contributed by atoms with Crippen LogP contribution in [0.2, 0.25) is 0 Å². The van der Waals surface area contributed by atoms with Crippen LogP contribution in [0, 0.1) is 0 Å². The van der Waals surface area contributed by atoms with Gasteiger partial charge < -0.3 is 20.1 Å². The van der Waals surface area contributed by atoms with Crippen LogP contribution in [0.5, 0.6) is 5.75 Å². The van der Waals surface area contributed by atoms with Gasteiger partial charge in [-0.2, -0.15) is 0 Å². The molecule has 0 aromatic heterocycles. The van der Waals surface area contributed by atoms with Crippen molar-refractivity contribution < 1.29 is 14.3 Å². The zero-order valence-corrected chi connectivity index (χ0v) is 12.6. The van der Waals surface area contributed by atoms with E-state index >= 15 is 0 Å². The zero-order valence-electron chi connectivity index (χ0n) is 12.6. The Labute approximate surface area is 126 Å². The summed E-state index contributed by atoms with van der Waals surface area (Å²) in [6.07, 6.45) is 1.45. The number of nitrogens with one attached hydrogen (secondary N) is 2. The van der Waals surface area contributed by atoms with Gasteiger partial charge in [-0.1, -0.05) is 19.1 Å². The maximum atomic E-state index is 11.9. The molecule has 1 unspecified atom stereocenters. The minimum Gasteiger partial charge on any atom is -0.494 e. The number of benzene rings is 1. The van der Waals surface area contributed by atoms with Crippen LogP contribution in [0.25, 0.3) is 0 Å². The van der Waals surface area contributed by atoms with Crippen LogP contribution in [0.3, 0.4) is 0 Å². The molecule has 1 atom stereocenters. The van der Waals surface area contributed by atoms with Crippen LogP contribution < -0.4 is 15.4 Å². The number of hydrogen-bond donors (Lipinski definition) is 2. The highest BCUT2D eigenvalue weighted by molar-refractivity contribution is 5.81. The minimum absolute atomic E-state index is 0.0369. The molecule has 0 spiro atoms. The Morgan fingerprint density at radius 2 is 2.24 bits per heavy atom. The third-order valence-electron chi connectivity index (χ3n) is 3.33. The number of morpholine rings is 1. The molecular formula is C16H24N2O3. The Balaban J connectivity index is 1.69. The predicted octanol–water partition coefficient (Wildman–Crippen LogP) is 1.12. The van der Waals surface area contributed by atoms with Gasteiger partial charge in [-0.25, -0.2) is 0 Å². The molecule has 1 aromatic carbocycles. The average Bonchev–Trinajstić information content (AvgIpc) is 2.55. The molecule has 0 bridgehead atoms. The lowest BCUT2D eigenvalue weighted by atomic mass is 10.1. The molecule has 5 heteroatoms. The van der Waals surface area contributed by atoms with Crippen molar-refractivity contribution in [3.8, 4) is 5.75 Å². The number of rotatable bonds is 7. The fourth-order valence-electron chi connectivity index (χ4n) is 2.15. The van der Waals surface area contributed by atoms with Crippen LogP contribution in [0.15, 0.2) is 24.3 Å². The second-order valence-corrected chi connectivity index (χ2v) is 5.10. The quantitative estimate of drug-likeness (QED) is 0.791. The van der Waals surface area contributed by atoms with Crippen LogP contribution >= 0.6 is 0 Å². The van der Waals surface area contributed by atoms with E-state index in [4.69, 9.17) is 9.47 Å². The molecule has 116 valence electrons. The van der Waals surface area contributed by atoms with Gasteiger partial charge in [-0.3, -0.25) is 4.79 Å². The van der Waals surface area contributed by atoms with Crippen molar-refractivity contribution in [2.24, 2.45) is 0 Å². The molecule has 1 aliphatic rings. The third kappa shape index (κ3) is 5.36. The van der Waals surface area contributed by atoms with Gasteiger partial charge in [0.25, 0.3) is 0 Å². The Hall–Kier alpha value is -1.59. The van der Waals surface area contributed by atoms with Gasteiger partial charge in [0.1, 0.15) is 11.9 Å². The van der Waals surface area contributed by atoms with E-state index in [1.807, 2.05) is 24.3 Å². The van der Waals surface area contributed by atoms with E-state index in [-0.39, 0.29) is 12.0 Å². The van der Waals surface area contributed by atoms with Gasteiger partial charge in [0, 0.05) is 19.6 Å². The van der Waals surface area contributed by atoms with Crippen LogP contribution in [-0.2, 0) is 16.0 Å². The molecule has 5 nitrogen and oxygen atoms in total. The molecule has 1 saturated heterocycles.